The molecule has 21 heavy (non-hydrogen) atoms. The molecule has 1 aromatic rings. The Balaban J connectivity index is 2.33. The van der Waals surface area contributed by atoms with Crippen LogP contribution in [-0.4, -0.2) is 38.2 Å². The normalized spacial score (nSPS) is 20.5. The Morgan fingerprint density at radius 2 is 1.86 bits per heavy atom. The van der Waals surface area contributed by atoms with Crippen molar-refractivity contribution in [1.82, 2.24) is 4.31 Å². The molecule has 0 amide bonds. The minimum absolute atomic E-state index is 0.0984. The van der Waals surface area contributed by atoms with Gasteiger partial charge in [-0.05, 0) is 49.9 Å². The smallest absolute Gasteiger partial charge is 0.261 e. The van der Waals surface area contributed by atoms with Crippen LogP contribution >= 0.6 is 11.6 Å². The number of nitrogens with zero attached hydrogens (tertiary/aromatic N) is 2. The molecule has 1 aliphatic rings. The molecule has 0 bridgehead atoms. The average molecular weight is 331 g/mol. The highest BCUT2D eigenvalue weighted by molar-refractivity contribution is 7.90. The first kappa shape index (κ1) is 16.6. The summed E-state index contributed by atoms with van der Waals surface area (Å²) in [5.74, 6) is 0.347. The lowest BCUT2D eigenvalue weighted by Gasteiger charge is -2.36. The fourth-order valence-electron chi connectivity index (χ4n) is 2.85. The highest BCUT2D eigenvalue weighted by atomic mass is 35.5. The Morgan fingerprint density at radius 1 is 1.24 bits per heavy atom. The third-order valence-electron chi connectivity index (χ3n) is 3.96. The van der Waals surface area contributed by atoms with Crippen LogP contribution in [0.3, 0.4) is 0 Å². The largest absolute Gasteiger partial charge is 0.304 e. The molecule has 1 fully saturated rings. The van der Waals surface area contributed by atoms with Crippen molar-refractivity contribution in [2.24, 2.45) is 0 Å². The van der Waals surface area contributed by atoms with Crippen LogP contribution in [0.1, 0.15) is 30.4 Å². The van der Waals surface area contributed by atoms with Crippen molar-refractivity contribution < 1.29 is 8.42 Å². The number of benzene rings is 1. The summed E-state index contributed by atoms with van der Waals surface area (Å²) < 4.78 is 28.7. The lowest BCUT2D eigenvalue weighted by Crippen LogP contribution is -2.50. The molecule has 1 aromatic carbocycles. The topological polar surface area (TPSA) is 40.6 Å². The molecule has 118 valence electrons. The molecule has 0 N–H and O–H groups in total. The quantitative estimate of drug-likeness (QED) is 0.796. The molecule has 1 aliphatic heterocycles. The third kappa shape index (κ3) is 3.52. The first-order valence-electron chi connectivity index (χ1n) is 7.26. The van der Waals surface area contributed by atoms with Gasteiger partial charge in [0.15, 0.2) is 0 Å². The van der Waals surface area contributed by atoms with Crippen molar-refractivity contribution in [3.8, 4) is 0 Å². The van der Waals surface area contributed by atoms with Crippen LogP contribution in [0.25, 0.3) is 0 Å². The summed E-state index contributed by atoms with van der Waals surface area (Å²) in [6.07, 6.45) is 2.77. The zero-order valence-corrected chi connectivity index (χ0v) is 14.4. The van der Waals surface area contributed by atoms with Crippen LogP contribution in [0.4, 0.5) is 5.69 Å². The molecule has 1 heterocycles. The third-order valence-corrected chi connectivity index (χ3v) is 6.30. The SMILES string of the molecule is Cc1cc(C)cc(N(C)S(=O)(=O)N2CCCCC2CCl)c1. The molecule has 0 spiro atoms. The maximum absolute atomic E-state index is 12.9. The minimum Gasteiger partial charge on any atom is -0.261 e. The van der Waals surface area contributed by atoms with Crippen molar-refractivity contribution in [3.05, 3.63) is 29.3 Å². The van der Waals surface area contributed by atoms with Crippen molar-refractivity contribution >= 4 is 27.5 Å². The summed E-state index contributed by atoms with van der Waals surface area (Å²) in [5.41, 5.74) is 2.81. The number of rotatable bonds is 4. The number of hydrogen-bond acceptors (Lipinski definition) is 2. The van der Waals surface area contributed by atoms with Gasteiger partial charge in [0.25, 0.3) is 0 Å². The predicted octanol–water partition coefficient (Wildman–Crippen LogP) is 3.08. The van der Waals surface area contributed by atoms with E-state index in [9.17, 15) is 8.42 Å². The lowest BCUT2D eigenvalue weighted by atomic mass is 10.1. The number of piperidine rings is 1. The van der Waals surface area contributed by atoms with Crippen LogP contribution < -0.4 is 4.31 Å². The summed E-state index contributed by atoms with van der Waals surface area (Å²) in [4.78, 5) is 0. The molecular formula is C15H23ClN2O2S. The Morgan fingerprint density at radius 3 is 2.43 bits per heavy atom. The van der Waals surface area contributed by atoms with E-state index in [-0.39, 0.29) is 6.04 Å². The fourth-order valence-corrected chi connectivity index (χ4v) is 4.86. The second kappa shape index (κ2) is 6.55. The Kier molecular flexibility index (Phi) is 5.17. The standard InChI is InChI=1S/C15H23ClN2O2S/c1-12-8-13(2)10-15(9-12)17(3)21(19,20)18-7-5-4-6-14(18)11-16/h8-10,14H,4-7,11H2,1-3H3. The first-order valence-corrected chi connectivity index (χ1v) is 9.19. The Labute approximate surface area is 132 Å². The molecule has 0 aromatic heterocycles. The molecule has 2 rings (SSSR count). The van der Waals surface area contributed by atoms with E-state index in [1.807, 2.05) is 32.0 Å². The van der Waals surface area contributed by atoms with E-state index < -0.39 is 10.2 Å². The van der Waals surface area contributed by atoms with Crippen molar-refractivity contribution in [3.63, 3.8) is 0 Å². The van der Waals surface area contributed by atoms with Crippen molar-refractivity contribution in [2.45, 2.75) is 39.2 Å². The predicted molar refractivity (Wildman–Crippen MR) is 88.3 cm³/mol. The summed E-state index contributed by atoms with van der Waals surface area (Å²) in [6.45, 7) is 4.49. The molecule has 1 atom stereocenters. The first-order chi connectivity index (χ1) is 9.86. The average Bonchev–Trinajstić information content (AvgIpc) is 2.45. The molecule has 0 aliphatic carbocycles. The lowest BCUT2D eigenvalue weighted by molar-refractivity contribution is 0.271. The van der Waals surface area contributed by atoms with E-state index in [1.165, 1.54) is 4.31 Å². The molecule has 1 unspecified atom stereocenters. The van der Waals surface area contributed by atoms with Gasteiger partial charge in [0.05, 0.1) is 5.69 Å². The van der Waals surface area contributed by atoms with Gasteiger partial charge >= 0.3 is 10.2 Å². The van der Waals surface area contributed by atoms with E-state index in [4.69, 9.17) is 11.6 Å². The monoisotopic (exact) mass is 330 g/mol. The second-order valence-electron chi connectivity index (χ2n) is 5.74. The highest BCUT2D eigenvalue weighted by Crippen LogP contribution is 2.27. The molecule has 6 heteroatoms. The molecule has 0 saturated carbocycles. The maximum Gasteiger partial charge on any atom is 0.304 e. The summed E-state index contributed by atoms with van der Waals surface area (Å²) in [5, 5.41) is 0. The number of halogens is 1. The van der Waals surface area contributed by atoms with E-state index in [1.54, 1.807) is 11.4 Å². The van der Waals surface area contributed by atoms with Crippen LogP contribution in [0.5, 0.6) is 0 Å². The number of aryl methyl sites for hydroxylation is 2. The van der Waals surface area contributed by atoms with E-state index >= 15 is 0 Å². The molecule has 4 nitrogen and oxygen atoms in total. The fraction of sp³-hybridized carbons (Fsp3) is 0.600. The van der Waals surface area contributed by atoms with E-state index in [0.717, 1.165) is 30.4 Å². The summed E-state index contributed by atoms with van der Waals surface area (Å²) in [7, 11) is -1.91. The molecule has 0 radical (unpaired) electrons. The van der Waals surface area contributed by atoms with Gasteiger partial charge in [-0.1, -0.05) is 12.5 Å². The van der Waals surface area contributed by atoms with Gasteiger partial charge in [0.1, 0.15) is 0 Å². The van der Waals surface area contributed by atoms with Gasteiger partial charge in [-0.3, -0.25) is 4.31 Å². The number of alkyl halides is 1. The molecule has 1 saturated heterocycles. The highest BCUT2D eigenvalue weighted by Gasteiger charge is 2.34. The number of hydrogen-bond donors (Lipinski definition) is 0. The second-order valence-corrected chi connectivity index (χ2v) is 7.96. The van der Waals surface area contributed by atoms with Crippen LogP contribution in [0.2, 0.25) is 0 Å². The maximum atomic E-state index is 12.9. The van der Waals surface area contributed by atoms with Crippen LogP contribution in [0, 0.1) is 13.8 Å². The van der Waals surface area contributed by atoms with E-state index in [0.29, 0.717) is 18.1 Å². The van der Waals surface area contributed by atoms with Crippen molar-refractivity contribution in [1.29, 1.82) is 0 Å². The van der Waals surface area contributed by atoms with Gasteiger partial charge < -0.3 is 0 Å². The van der Waals surface area contributed by atoms with Gasteiger partial charge in [-0.15, -0.1) is 11.6 Å². The van der Waals surface area contributed by atoms with Gasteiger partial charge in [-0.25, -0.2) is 0 Å². The van der Waals surface area contributed by atoms with E-state index in [2.05, 4.69) is 0 Å². The Bertz CT molecular complexity index is 583. The van der Waals surface area contributed by atoms with Gasteiger partial charge in [0, 0.05) is 25.5 Å². The zero-order chi connectivity index (χ0) is 15.6. The minimum atomic E-state index is -3.53. The van der Waals surface area contributed by atoms with Gasteiger partial charge in [-0.2, -0.15) is 12.7 Å². The zero-order valence-electron chi connectivity index (χ0n) is 12.8. The summed E-state index contributed by atoms with van der Waals surface area (Å²) >= 11 is 5.96. The Hall–Kier alpha value is -0.780. The van der Waals surface area contributed by atoms with Gasteiger partial charge in [0.2, 0.25) is 0 Å². The van der Waals surface area contributed by atoms with Crippen LogP contribution in [0.15, 0.2) is 18.2 Å². The molecular weight excluding hydrogens is 308 g/mol. The van der Waals surface area contributed by atoms with Crippen LogP contribution in [-0.2, 0) is 10.2 Å². The summed E-state index contributed by atoms with van der Waals surface area (Å²) in [6, 6.07) is 5.72. The van der Waals surface area contributed by atoms with Crippen molar-refractivity contribution in [2.75, 3.05) is 23.8 Å². The number of anilines is 1.